The Morgan fingerprint density at radius 3 is 2.28 bits per heavy atom. The third-order valence-electron chi connectivity index (χ3n) is 3.41. The van der Waals surface area contributed by atoms with Gasteiger partial charge in [-0.3, -0.25) is 9.59 Å². The second-order valence-corrected chi connectivity index (χ2v) is 5.63. The van der Waals surface area contributed by atoms with E-state index in [1.807, 2.05) is 0 Å². The highest BCUT2D eigenvalue weighted by atomic mass is 35.5. The van der Waals surface area contributed by atoms with Crippen LogP contribution in [0.5, 0.6) is 0 Å². The minimum atomic E-state index is -0.518. The van der Waals surface area contributed by atoms with Crippen LogP contribution in [0.2, 0.25) is 5.02 Å². The largest absolute Gasteiger partial charge is 0.465 e. The molecule has 0 radical (unpaired) electrons. The summed E-state index contributed by atoms with van der Waals surface area (Å²) in [5.74, 6) is -0.875. The molecule has 2 aromatic rings. The minimum absolute atomic E-state index is 0.00179. The molecule has 2 rings (SSSR count). The smallest absolute Gasteiger partial charge is 0.337 e. The predicted octanol–water partition coefficient (Wildman–Crippen LogP) is 3.38. The first-order valence-electron chi connectivity index (χ1n) is 7.43. The van der Waals surface area contributed by atoms with Gasteiger partial charge in [0.25, 0.3) is 0 Å². The van der Waals surface area contributed by atoms with E-state index in [1.165, 1.54) is 32.2 Å². The van der Waals surface area contributed by atoms with Crippen LogP contribution in [-0.4, -0.2) is 31.3 Å². The molecule has 0 aliphatic heterocycles. The lowest BCUT2D eigenvalue weighted by Crippen LogP contribution is -2.22. The number of methoxy groups -OCH3 is 1. The Morgan fingerprint density at radius 2 is 1.68 bits per heavy atom. The molecule has 1 amide bonds. The molecule has 2 N–H and O–H groups in total. The van der Waals surface area contributed by atoms with Crippen LogP contribution in [0.3, 0.4) is 0 Å². The number of ether oxygens (including phenoxy) is 1. The number of carbonyl (C=O) groups is 3. The molecular weight excluding hydrogens is 344 g/mol. The van der Waals surface area contributed by atoms with Crippen LogP contribution in [0.25, 0.3) is 0 Å². The number of Topliss-reactive ketones (excluding diaryl/α,β-unsaturated/α-hetero) is 1. The fourth-order valence-corrected chi connectivity index (χ4v) is 2.23. The van der Waals surface area contributed by atoms with Crippen molar-refractivity contribution in [3.63, 3.8) is 0 Å². The Kier molecular flexibility index (Phi) is 6.14. The Labute approximate surface area is 150 Å². The maximum atomic E-state index is 12.1. The molecule has 0 aromatic heterocycles. The third kappa shape index (κ3) is 5.06. The van der Waals surface area contributed by atoms with Crippen LogP contribution in [0.1, 0.15) is 27.6 Å². The number of carbonyl (C=O) groups excluding carboxylic acids is 3. The van der Waals surface area contributed by atoms with Crippen LogP contribution in [0.4, 0.5) is 11.4 Å². The number of rotatable bonds is 6. The van der Waals surface area contributed by atoms with Crippen LogP contribution in [0, 0.1) is 0 Å². The van der Waals surface area contributed by atoms with E-state index >= 15 is 0 Å². The molecule has 130 valence electrons. The summed E-state index contributed by atoms with van der Waals surface area (Å²) < 4.78 is 4.64. The van der Waals surface area contributed by atoms with Crippen molar-refractivity contribution >= 4 is 40.6 Å². The lowest BCUT2D eigenvalue weighted by Gasteiger charge is -2.10. The van der Waals surface area contributed by atoms with Crippen molar-refractivity contribution in [2.45, 2.75) is 6.92 Å². The Morgan fingerprint density at radius 1 is 1.04 bits per heavy atom. The molecule has 2 aromatic carbocycles. The van der Waals surface area contributed by atoms with E-state index < -0.39 is 5.97 Å². The summed E-state index contributed by atoms with van der Waals surface area (Å²) in [4.78, 5) is 34.8. The second kappa shape index (κ2) is 8.30. The lowest BCUT2D eigenvalue weighted by atomic mass is 10.1. The van der Waals surface area contributed by atoms with Gasteiger partial charge in [-0.2, -0.15) is 0 Å². The number of benzene rings is 2. The first-order valence-corrected chi connectivity index (χ1v) is 7.81. The molecule has 0 heterocycles. The van der Waals surface area contributed by atoms with Crippen LogP contribution in [0.15, 0.2) is 42.5 Å². The summed E-state index contributed by atoms with van der Waals surface area (Å²) >= 11 is 6.03. The fraction of sp³-hybridized carbons (Fsp3) is 0.167. The van der Waals surface area contributed by atoms with Crippen LogP contribution < -0.4 is 10.6 Å². The zero-order chi connectivity index (χ0) is 18.4. The van der Waals surface area contributed by atoms with Gasteiger partial charge in [0.15, 0.2) is 5.78 Å². The number of hydrogen-bond acceptors (Lipinski definition) is 5. The predicted molar refractivity (Wildman–Crippen MR) is 96.4 cm³/mol. The van der Waals surface area contributed by atoms with Crippen molar-refractivity contribution in [3.05, 3.63) is 58.6 Å². The van der Waals surface area contributed by atoms with Gasteiger partial charge < -0.3 is 15.4 Å². The SMILES string of the molecule is COC(=O)c1ccc(Cl)c(NC(=O)CNc2ccc(C(C)=O)cc2)c1. The first kappa shape index (κ1) is 18.5. The topological polar surface area (TPSA) is 84.5 Å². The monoisotopic (exact) mass is 360 g/mol. The molecule has 25 heavy (non-hydrogen) atoms. The molecule has 0 spiro atoms. The molecule has 0 fully saturated rings. The van der Waals surface area contributed by atoms with E-state index in [-0.39, 0.29) is 23.8 Å². The number of amides is 1. The van der Waals surface area contributed by atoms with Gasteiger partial charge in [-0.05, 0) is 49.4 Å². The summed E-state index contributed by atoms with van der Waals surface area (Å²) in [5, 5.41) is 5.89. The Bertz CT molecular complexity index is 803. The Balaban J connectivity index is 1.98. The van der Waals surface area contributed by atoms with Gasteiger partial charge in [0.1, 0.15) is 0 Å². The molecule has 0 saturated heterocycles. The molecule has 0 aliphatic carbocycles. The van der Waals surface area contributed by atoms with Gasteiger partial charge in [0.2, 0.25) is 5.91 Å². The summed E-state index contributed by atoms with van der Waals surface area (Å²) in [5.41, 5.74) is 1.91. The van der Waals surface area contributed by atoms with E-state index in [0.29, 0.717) is 22.0 Å². The van der Waals surface area contributed by atoms with Crippen molar-refractivity contribution in [3.8, 4) is 0 Å². The van der Waals surface area contributed by atoms with Gasteiger partial charge in [-0.15, -0.1) is 0 Å². The van der Waals surface area contributed by atoms with Crippen LogP contribution >= 0.6 is 11.6 Å². The first-order chi connectivity index (χ1) is 11.9. The van der Waals surface area contributed by atoms with E-state index in [2.05, 4.69) is 15.4 Å². The van der Waals surface area contributed by atoms with Gasteiger partial charge >= 0.3 is 5.97 Å². The zero-order valence-corrected chi connectivity index (χ0v) is 14.5. The maximum absolute atomic E-state index is 12.1. The van der Waals surface area contributed by atoms with Crippen molar-refractivity contribution in [2.75, 3.05) is 24.3 Å². The second-order valence-electron chi connectivity index (χ2n) is 5.22. The van der Waals surface area contributed by atoms with Crippen LogP contribution in [-0.2, 0) is 9.53 Å². The average molecular weight is 361 g/mol. The Hall–Kier alpha value is -2.86. The lowest BCUT2D eigenvalue weighted by molar-refractivity contribution is -0.114. The highest BCUT2D eigenvalue weighted by Crippen LogP contribution is 2.23. The quantitative estimate of drug-likeness (QED) is 0.609. The highest BCUT2D eigenvalue weighted by molar-refractivity contribution is 6.33. The van der Waals surface area contributed by atoms with E-state index in [1.54, 1.807) is 24.3 Å². The average Bonchev–Trinajstić information content (AvgIpc) is 2.61. The number of hydrogen-bond donors (Lipinski definition) is 2. The molecular formula is C18H17ClN2O4. The normalized spacial score (nSPS) is 10.0. The fourth-order valence-electron chi connectivity index (χ4n) is 2.07. The molecule has 0 unspecified atom stereocenters. The van der Waals surface area contributed by atoms with Crippen molar-refractivity contribution in [1.82, 2.24) is 0 Å². The highest BCUT2D eigenvalue weighted by Gasteiger charge is 2.11. The molecule has 0 atom stereocenters. The van der Waals surface area contributed by atoms with Gasteiger partial charge in [0.05, 0.1) is 29.9 Å². The summed E-state index contributed by atoms with van der Waals surface area (Å²) in [6.45, 7) is 1.49. The zero-order valence-electron chi connectivity index (χ0n) is 13.8. The van der Waals surface area contributed by atoms with Crippen molar-refractivity contribution in [2.24, 2.45) is 0 Å². The van der Waals surface area contributed by atoms with Gasteiger partial charge in [-0.1, -0.05) is 11.6 Å². The molecule has 0 bridgehead atoms. The summed E-state index contributed by atoms with van der Waals surface area (Å²) in [7, 11) is 1.27. The molecule has 0 aliphatic rings. The van der Waals surface area contributed by atoms with E-state index in [9.17, 15) is 14.4 Å². The number of ketones is 1. The number of esters is 1. The minimum Gasteiger partial charge on any atom is -0.465 e. The molecule has 0 saturated carbocycles. The maximum Gasteiger partial charge on any atom is 0.337 e. The summed E-state index contributed by atoms with van der Waals surface area (Å²) in [6.07, 6.45) is 0. The van der Waals surface area contributed by atoms with Gasteiger partial charge in [-0.25, -0.2) is 4.79 Å². The van der Waals surface area contributed by atoms with E-state index in [0.717, 1.165) is 0 Å². The van der Waals surface area contributed by atoms with Crippen molar-refractivity contribution < 1.29 is 19.1 Å². The standard InChI is InChI=1S/C18H17ClN2O4/c1-11(22)12-3-6-14(7-4-12)20-10-17(23)21-16-9-13(18(24)25-2)5-8-15(16)19/h3-9,20H,10H2,1-2H3,(H,21,23). The molecule has 6 nitrogen and oxygen atoms in total. The third-order valence-corrected chi connectivity index (χ3v) is 3.74. The molecule has 7 heteroatoms. The summed E-state index contributed by atoms with van der Waals surface area (Å²) in [6, 6.07) is 11.3. The number of nitrogens with one attached hydrogen (secondary N) is 2. The van der Waals surface area contributed by atoms with Gasteiger partial charge in [0, 0.05) is 11.3 Å². The number of halogens is 1. The number of anilines is 2. The van der Waals surface area contributed by atoms with Crippen molar-refractivity contribution in [1.29, 1.82) is 0 Å². The van der Waals surface area contributed by atoms with E-state index in [4.69, 9.17) is 11.6 Å².